The molecule has 31 heavy (non-hydrogen) atoms. The molecule has 6 nitrogen and oxygen atoms in total. The summed E-state index contributed by atoms with van der Waals surface area (Å²) in [5.74, 6) is -1.08. The van der Waals surface area contributed by atoms with Crippen LogP contribution >= 0.6 is 11.6 Å². The van der Waals surface area contributed by atoms with Crippen LogP contribution in [0.2, 0.25) is 5.02 Å². The summed E-state index contributed by atoms with van der Waals surface area (Å²) in [6, 6.07) is 16.7. The second-order valence-electron chi connectivity index (χ2n) is 6.71. The Bertz CT molecular complexity index is 1270. The van der Waals surface area contributed by atoms with Crippen LogP contribution in [-0.2, 0) is 9.59 Å². The van der Waals surface area contributed by atoms with Crippen LogP contribution in [0.4, 0.5) is 10.5 Å². The lowest BCUT2D eigenvalue weighted by Gasteiger charge is -2.27. The molecule has 0 spiro atoms. The average molecular weight is 433 g/mol. The molecule has 0 bridgehead atoms. The molecular weight excluding hydrogens is 416 g/mol. The topological polar surface area (TPSA) is 75.7 Å². The third kappa shape index (κ3) is 3.81. The van der Waals surface area contributed by atoms with E-state index in [1.54, 1.807) is 30.3 Å². The zero-order valence-electron chi connectivity index (χ0n) is 16.3. The maximum atomic E-state index is 13.2. The predicted octanol–water partition coefficient (Wildman–Crippen LogP) is 4.72. The number of hydrogen-bond donors (Lipinski definition) is 1. The molecule has 0 unspecified atom stereocenters. The molecule has 1 aliphatic rings. The quantitative estimate of drug-likeness (QED) is 0.359. The monoisotopic (exact) mass is 432 g/mol. The summed E-state index contributed by atoms with van der Waals surface area (Å²) in [5, 5.41) is 4.11. The largest absolute Gasteiger partial charge is 0.489 e. The molecule has 0 radical (unpaired) electrons. The van der Waals surface area contributed by atoms with Crippen molar-refractivity contribution in [3.8, 4) is 5.75 Å². The number of anilines is 1. The average Bonchev–Trinajstić information content (AvgIpc) is 2.76. The van der Waals surface area contributed by atoms with Crippen LogP contribution in [-0.4, -0.2) is 24.5 Å². The number of barbiturate groups is 1. The Labute approximate surface area is 183 Å². The van der Waals surface area contributed by atoms with Gasteiger partial charge in [-0.1, -0.05) is 66.7 Å². The molecule has 0 atom stereocenters. The summed E-state index contributed by atoms with van der Waals surface area (Å²) in [7, 11) is 0. The van der Waals surface area contributed by atoms with E-state index in [0.717, 1.165) is 15.7 Å². The molecule has 1 saturated heterocycles. The number of imide groups is 2. The first-order chi connectivity index (χ1) is 15.0. The second-order valence-corrected chi connectivity index (χ2v) is 7.11. The molecule has 4 amide bonds. The first kappa shape index (κ1) is 20.4. The van der Waals surface area contributed by atoms with Crippen molar-refractivity contribution < 1.29 is 19.1 Å². The zero-order chi connectivity index (χ0) is 22.0. The smallest absolute Gasteiger partial charge is 0.335 e. The molecule has 1 N–H and O–H groups in total. The second kappa shape index (κ2) is 8.45. The molecule has 3 aromatic rings. The maximum absolute atomic E-state index is 13.2. The van der Waals surface area contributed by atoms with Crippen molar-refractivity contribution in [1.82, 2.24) is 5.32 Å². The summed E-state index contributed by atoms with van der Waals surface area (Å²) >= 11 is 6.19. The minimum atomic E-state index is -0.860. The van der Waals surface area contributed by atoms with Gasteiger partial charge in [-0.25, -0.2) is 9.69 Å². The number of amides is 4. The fourth-order valence-electron chi connectivity index (χ4n) is 3.35. The van der Waals surface area contributed by atoms with Crippen molar-refractivity contribution in [2.24, 2.45) is 0 Å². The highest BCUT2D eigenvalue weighted by Gasteiger charge is 2.37. The Morgan fingerprint density at radius 3 is 2.52 bits per heavy atom. The van der Waals surface area contributed by atoms with Gasteiger partial charge >= 0.3 is 6.03 Å². The SMILES string of the molecule is C=CCOc1ccc2ccccc2c1/C=C1\C(=O)NC(=O)N(c2ccccc2Cl)C1=O. The van der Waals surface area contributed by atoms with E-state index in [0.29, 0.717) is 11.3 Å². The first-order valence-electron chi connectivity index (χ1n) is 9.42. The van der Waals surface area contributed by atoms with Gasteiger partial charge in [0.25, 0.3) is 11.8 Å². The number of benzene rings is 3. The van der Waals surface area contributed by atoms with Crippen molar-refractivity contribution in [3.05, 3.63) is 89.5 Å². The van der Waals surface area contributed by atoms with Crippen molar-refractivity contribution in [2.75, 3.05) is 11.5 Å². The highest BCUT2D eigenvalue weighted by atomic mass is 35.5. The normalized spacial score (nSPS) is 15.3. The van der Waals surface area contributed by atoms with Gasteiger partial charge in [-0.05, 0) is 35.0 Å². The molecule has 1 heterocycles. The fraction of sp³-hybridized carbons (Fsp3) is 0.0417. The molecule has 154 valence electrons. The Morgan fingerprint density at radius 2 is 1.74 bits per heavy atom. The van der Waals surface area contributed by atoms with Crippen LogP contribution in [0.3, 0.4) is 0 Å². The van der Waals surface area contributed by atoms with Crippen LogP contribution in [0.1, 0.15) is 5.56 Å². The lowest BCUT2D eigenvalue weighted by atomic mass is 9.99. The van der Waals surface area contributed by atoms with E-state index in [4.69, 9.17) is 16.3 Å². The molecule has 3 aromatic carbocycles. The van der Waals surface area contributed by atoms with Crippen LogP contribution in [0, 0.1) is 0 Å². The van der Waals surface area contributed by atoms with E-state index in [9.17, 15) is 14.4 Å². The van der Waals surface area contributed by atoms with Crippen LogP contribution in [0.15, 0.2) is 78.9 Å². The molecule has 0 saturated carbocycles. The van der Waals surface area contributed by atoms with E-state index in [1.165, 1.54) is 12.1 Å². The minimum absolute atomic E-state index is 0.186. The molecule has 7 heteroatoms. The van der Waals surface area contributed by atoms with Crippen LogP contribution in [0.5, 0.6) is 5.75 Å². The Morgan fingerprint density at radius 1 is 1.00 bits per heavy atom. The highest BCUT2D eigenvalue weighted by molar-refractivity contribution is 6.42. The number of fused-ring (bicyclic) bond motifs is 1. The number of nitrogens with one attached hydrogen (secondary N) is 1. The summed E-state index contributed by atoms with van der Waals surface area (Å²) < 4.78 is 5.75. The third-order valence-corrected chi connectivity index (χ3v) is 5.09. The standard InChI is InChI=1S/C24H17ClN2O4/c1-2-13-31-21-12-11-15-7-3-4-8-16(15)17(21)14-18-22(28)26-24(30)27(23(18)29)20-10-6-5-9-19(20)25/h2-12,14H,1,13H2,(H,26,28,30)/b18-14+. The predicted molar refractivity (Wildman–Crippen MR) is 120 cm³/mol. The minimum Gasteiger partial charge on any atom is -0.489 e. The third-order valence-electron chi connectivity index (χ3n) is 4.77. The Balaban J connectivity index is 1.87. The summed E-state index contributed by atoms with van der Waals surface area (Å²) in [5.41, 5.74) is 0.525. The molecule has 4 rings (SSSR count). The Kier molecular flexibility index (Phi) is 5.56. The van der Waals surface area contributed by atoms with Gasteiger partial charge in [-0.2, -0.15) is 0 Å². The lowest BCUT2D eigenvalue weighted by molar-refractivity contribution is -0.122. The molecule has 0 aliphatic carbocycles. The van der Waals surface area contributed by atoms with Gasteiger partial charge in [0.15, 0.2) is 0 Å². The highest BCUT2D eigenvalue weighted by Crippen LogP contribution is 2.33. The number of ether oxygens (including phenoxy) is 1. The van der Waals surface area contributed by atoms with Gasteiger partial charge in [-0.3, -0.25) is 14.9 Å². The van der Waals surface area contributed by atoms with Gasteiger partial charge in [0.2, 0.25) is 0 Å². The van der Waals surface area contributed by atoms with Crippen LogP contribution < -0.4 is 15.0 Å². The number of para-hydroxylation sites is 1. The van der Waals surface area contributed by atoms with Crippen LogP contribution in [0.25, 0.3) is 16.8 Å². The van der Waals surface area contributed by atoms with Gasteiger partial charge in [-0.15, -0.1) is 0 Å². The number of carbonyl (C=O) groups is 3. The summed E-state index contributed by atoms with van der Waals surface area (Å²) in [6.07, 6.45) is 3.04. The maximum Gasteiger partial charge on any atom is 0.335 e. The first-order valence-corrected chi connectivity index (χ1v) is 9.80. The number of halogens is 1. The zero-order valence-corrected chi connectivity index (χ0v) is 17.1. The summed E-state index contributed by atoms with van der Waals surface area (Å²) in [6.45, 7) is 3.90. The molecular formula is C24H17ClN2O4. The summed E-state index contributed by atoms with van der Waals surface area (Å²) in [4.78, 5) is 39.1. The van der Waals surface area contributed by atoms with E-state index in [2.05, 4.69) is 11.9 Å². The number of rotatable bonds is 5. The number of hydrogen-bond acceptors (Lipinski definition) is 4. The van der Waals surface area contributed by atoms with Crippen molar-refractivity contribution in [1.29, 1.82) is 0 Å². The van der Waals surface area contributed by atoms with Crippen molar-refractivity contribution in [3.63, 3.8) is 0 Å². The number of nitrogens with zero attached hydrogens (tertiary/aromatic N) is 1. The Hall–Kier alpha value is -3.90. The van der Waals surface area contributed by atoms with Crippen molar-refractivity contribution in [2.45, 2.75) is 0 Å². The van der Waals surface area contributed by atoms with E-state index >= 15 is 0 Å². The number of carbonyl (C=O) groups excluding carboxylic acids is 3. The fourth-order valence-corrected chi connectivity index (χ4v) is 3.57. The number of urea groups is 1. The molecule has 1 fully saturated rings. The molecule has 1 aliphatic heterocycles. The van der Waals surface area contributed by atoms with Crippen molar-refractivity contribution >= 4 is 52.0 Å². The van der Waals surface area contributed by atoms with Gasteiger partial charge in [0.05, 0.1) is 10.7 Å². The van der Waals surface area contributed by atoms with E-state index in [1.807, 2.05) is 30.3 Å². The van der Waals surface area contributed by atoms with E-state index < -0.39 is 17.8 Å². The lowest BCUT2D eigenvalue weighted by Crippen LogP contribution is -2.54. The van der Waals surface area contributed by atoms with Gasteiger partial charge in [0, 0.05) is 5.56 Å². The van der Waals surface area contributed by atoms with Gasteiger partial charge in [0.1, 0.15) is 17.9 Å². The van der Waals surface area contributed by atoms with Gasteiger partial charge < -0.3 is 4.74 Å². The van der Waals surface area contributed by atoms with E-state index in [-0.39, 0.29) is 22.9 Å². The molecule has 0 aromatic heterocycles.